The van der Waals surface area contributed by atoms with Crippen molar-refractivity contribution in [1.82, 2.24) is 0 Å². The number of aliphatic hydroxyl groups excluding tert-OH is 1. The summed E-state index contributed by atoms with van der Waals surface area (Å²) in [5.41, 5.74) is 0. The van der Waals surface area contributed by atoms with Crippen LogP contribution in [0.4, 0.5) is 0 Å². The van der Waals surface area contributed by atoms with Gasteiger partial charge in [-0.05, 0) is 55.4 Å². The van der Waals surface area contributed by atoms with Crippen LogP contribution in [-0.2, 0) is 52.2 Å². The summed E-state index contributed by atoms with van der Waals surface area (Å²) in [7, 11) is 0. The molecule has 0 aromatic heterocycles. The number of aliphatic hydroxyl groups is 1. The number of rotatable bonds is 0. The normalized spacial score (nSPS) is 47.5. The Kier molecular flexibility index (Phi) is 6.23. The number of Topliss-reactive ketones (excluding diaryl/α,β-unsaturated/α-hetero) is 1. The third-order valence-electron chi connectivity index (χ3n) is 6.83. The minimum Gasteiger partial charge on any atom is -0.385 e. The van der Waals surface area contributed by atoms with Gasteiger partial charge in [0.05, 0.1) is 13.2 Å². The lowest BCUT2D eigenvalue weighted by Gasteiger charge is -2.41. The van der Waals surface area contributed by atoms with E-state index in [9.17, 15) is 9.90 Å². The van der Waals surface area contributed by atoms with Crippen molar-refractivity contribution in [3.05, 3.63) is 0 Å². The zero-order valence-electron chi connectivity index (χ0n) is 22.2. The fourth-order valence-corrected chi connectivity index (χ4v) is 5.39. The molecule has 6 rings (SSSR count). The van der Waals surface area contributed by atoms with E-state index in [1.807, 2.05) is 13.8 Å². The molecule has 0 bridgehead atoms. The fraction of sp³-hybridized carbons (Fsp3) is 0.958. The molecule has 2 spiro atoms. The Morgan fingerprint density at radius 3 is 1.86 bits per heavy atom. The lowest BCUT2D eigenvalue weighted by molar-refractivity contribution is -0.326. The van der Waals surface area contributed by atoms with E-state index in [-0.39, 0.29) is 37.8 Å². The lowest BCUT2D eigenvalue weighted by Crippen LogP contribution is -2.61. The van der Waals surface area contributed by atoms with E-state index in [0.717, 1.165) is 0 Å². The Labute approximate surface area is 210 Å². The molecule has 12 nitrogen and oxygen atoms in total. The topological polar surface area (TPSA) is 130 Å². The number of ether oxygens (including phenoxy) is 10. The molecular weight excluding hydrogens is 480 g/mol. The third-order valence-corrected chi connectivity index (χ3v) is 6.83. The summed E-state index contributed by atoms with van der Waals surface area (Å²) in [4.78, 5) is 12.5. The van der Waals surface area contributed by atoms with Crippen LogP contribution >= 0.6 is 0 Å². The van der Waals surface area contributed by atoms with Crippen LogP contribution in [-0.4, -0.2) is 103 Å². The zero-order chi connectivity index (χ0) is 26.4. The number of hydrogen-bond acceptors (Lipinski definition) is 12. The van der Waals surface area contributed by atoms with Crippen LogP contribution in [0.25, 0.3) is 0 Å². The van der Waals surface area contributed by atoms with Crippen molar-refractivity contribution in [3.8, 4) is 0 Å². The van der Waals surface area contributed by atoms with Gasteiger partial charge in [0.25, 0.3) is 5.79 Å². The SMILES string of the molecule is CC1(C)O[C@@H]2COC3(COC(C)(C)O3)C(=O)[C@@H]2O1.CC1(C)O[C@@H]2[C@@H](COC3(COC(C)(C)O3)[C@H]2O)O1. The van der Waals surface area contributed by atoms with Crippen LogP contribution in [0.15, 0.2) is 0 Å². The van der Waals surface area contributed by atoms with Crippen LogP contribution in [0.5, 0.6) is 0 Å². The maximum absolute atomic E-state index is 12.5. The van der Waals surface area contributed by atoms with Gasteiger partial charge in [-0.1, -0.05) is 0 Å². The highest BCUT2D eigenvalue weighted by Gasteiger charge is 2.63. The quantitative estimate of drug-likeness (QED) is 0.490. The van der Waals surface area contributed by atoms with Gasteiger partial charge in [0.1, 0.15) is 37.6 Å². The Bertz CT molecular complexity index is 882. The lowest BCUT2D eigenvalue weighted by atomic mass is 9.97. The highest BCUT2D eigenvalue weighted by molar-refractivity contribution is 5.92. The van der Waals surface area contributed by atoms with E-state index in [2.05, 4.69) is 0 Å². The molecule has 0 radical (unpaired) electrons. The average molecular weight is 519 g/mol. The summed E-state index contributed by atoms with van der Waals surface area (Å²) in [6.07, 6.45) is -2.67. The number of ketones is 1. The van der Waals surface area contributed by atoms with Gasteiger partial charge >= 0.3 is 0 Å². The van der Waals surface area contributed by atoms with Crippen molar-refractivity contribution in [2.24, 2.45) is 0 Å². The first-order chi connectivity index (χ1) is 16.5. The average Bonchev–Trinajstić information content (AvgIpc) is 3.44. The standard InChI is InChI=1S/C12H20O6.C12H18O6/c2*1-10(2)15-6-12(18-10)9(13)8-7(5-14-12)16-11(3,4)17-8/h7-9,13H,5-6H2,1-4H3;7-8H,5-6H2,1-4H3/t7-,8-,9+,12?;7-,8-,12?/m11/s1. The monoisotopic (exact) mass is 518 g/mol. The van der Waals surface area contributed by atoms with E-state index in [1.54, 1.807) is 41.5 Å². The molecule has 0 saturated carbocycles. The first-order valence-corrected chi connectivity index (χ1v) is 12.4. The summed E-state index contributed by atoms with van der Waals surface area (Å²) < 4.78 is 56.2. The van der Waals surface area contributed by atoms with Crippen molar-refractivity contribution in [1.29, 1.82) is 0 Å². The Morgan fingerprint density at radius 1 is 0.667 bits per heavy atom. The van der Waals surface area contributed by atoms with Gasteiger partial charge in [-0.2, -0.15) is 0 Å². The summed E-state index contributed by atoms with van der Waals surface area (Å²) in [5.74, 6) is -5.80. The highest BCUT2D eigenvalue weighted by atomic mass is 16.9. The summed E-state index contributed by atoms with van der Waals surface area (Å²) in [6, 6.07) is 0. The van der Waals surface area contributed by atoms with Crippen molar-refractivity contribution < 1.29 is 57.3 Å². The summed E-state index contributed by atoms with van der Waals surface area (Å²) in [6.45, 7) is 15.1. The molecule has 0 aromatic rings. The maximum Gasteiger partial charge on any atom is 0.258 e. The Balaban J connectivity index is 0.000000148. The van der Waals surface area contributed by atoms with Gasteiger partial charge in [-0.25, -0.2) is 0 Å². The van der Waals surface area contributed by atoms with Gasteiger partial charge in [0.2, 0.25) is 11.6 Å². The first-order valence-electron chi connectivity index (χ1n) is 12.4. The number of hydrogen-bond donors (Lipinski definition) is 1. The number of carbonyl (C=O) groups excluding carboxylic acids is 1. The Morgan fingerprint density at radius 2 is 1.25 bits per heavy atom. The van der Waals surface area contributed by atoms with Gasteiger partial charge in [0, 0.05) is 0 Å². The largest absolute Gasteiger partial charge is 0.385 e. The molecule has 6 saturated heterocycles. The second kappa shape index (κ2) is 8.36. The van der Waals surface area contributed by atoms with Crippen molar-refractivity contribution in [3.63, 3.8) is 0 Å². The first kappa shape index (κ1) is 26.8. The molecule has 0 amide bonds. The molecule has 7 atom stereocenters. The molecule has 36 heavy (non-hydrogen) atoms. The molecule has 6 heterocycles. The molecule has 12 heteroatoms. The van der Waals surface area contributed by atoms with E-state index in [1.165, 1.54) is 0 Å². The smallest absolute Gasteiger partial charge is 0.258 e. The molecular formula is C24H38O12. The second-order valence-electron chi connectivity index (χ2n) is 11.8. The number of fused-ring (bicyclic) bond motifs is 2. The minimum atomic E-state index is -1.34. The molecule has 6 fully saturated rings. The van der Waals surface area contributed by atoms with E-state index < -0.39 is 53.0 Å². The predicted molar refractivity (Wildman–Crippen MR) is 118 cm³/mol. The maximum atomic E-state index is 12.5. The highest BCUT2D eigenvalue weighted by Crippen LogP contribution is 2.44. The number of carbonyl (C=O) groups is 1. The molecule has 1 N–H and O–H groups in total. The van der Waals surface area contributed by atoms with E-state index in [4.69, 9.17) is 47.4 Å². The van der Waals surface area contributed by atoms with Gasteiger partial charge in [0.15, 0.2) is 29.3 Å². The predicted octanol–water partition coefficient (Wildman–Crippen LogP) is 0.962. The van der Waals surface area contributed by atoms with E-state index in [0.29, 0.717) is 6.61 Å². The summed E-state index contributed by atoms with van der Waals surface area (Å²) >= 11 is 0. The molecule has 6 aliphatic rings. The van der Waals surface area contributed by atoms with Crippen LogP contribution in [0.2, 0.25) is 0 Å². The van der Waals surface area contributed by atoms with Crippen LogP contribution in [0.3, 0.4) is 0 Å². The molecule has 0 aromatic carbocycles. The summed E-state index contributed by atoms with van der Waals surface area (Å²) in [5, 5.41) is 10.5. The Hall–Kier alpha value is -0.770. The van der Waals surface area contributed by atoms with Crippen molar-refractivity contribution in [2.45, 2.75) is 121 Å². The molecule has 0 aliphatic carbocycles. The van der Waals surface area contributed by atoms with E-state index >= 15 is 0 Å². The minimum absolute atomic E-state index is 0.0891. The molecule has 6 aliphatic heterocycles. The van der Waals surface area contributed by atoms with Crippen LogP contribution in [0, 0.1) is 0 Å². The fourth-order valence-electron chi connectivity index (χ4n) is 5.39. The van der Waals surface area contributed by atoms with Gasteiger partial charge < -0.3 is 52.5 Å². The van der Waals surface area contributed by atoms with Crippen LogP contribution < -0.4 is 0 Å². The van der Waals surface area contributed by atoms with Gasteiger partial charge in [-0.3, -0.25) is 4.79 Å². The van der Waals surface area contributed by atoms with Crippen molar-refractivity contribution >= 4 is 5.78 Å². The zero-order valence-corrected chi connectivity index (χ0v) is 22.2. The molecule has 206 valence electrons. The third kappa shape index (κ3) is 4.75. The van der Waals surface area contributed by atoms with Crippen molar-refractivity contribution in [2.75, 3.05) is 26.4 Å². The van der Waals surface area contributed by atoms with Crippen LogP contribution in [0.1, 0.15) is 55.4 Å². The second-order valence-corrected chi connectivity index (χ2v) is 11.8. The van der Waals surface area contributed by atoms with Gasteiger partial charge in [-0.15, -0.1) is 0 Å². The molecule has 2 unspecified atom stereocenters.